The minimum atomic E-state index is -0.231. The number of hydrogen-bond donors (Lipinski definition) is 2. The van der Waals surface area contributed by atoms with Crippen LogP contribution in [0.5, 0.6) is 0 Å². The highest BCUT2D eigenvalue weighted by atomic mass is 35.5. The van der Waals surface area contributed by atoms with Gasteiger partial charge >= 0.3 is 0 Å². The van der Waals surface area contributed by atoms with Gasteiger partial charge in [-0.25, -0.2) is 0 Å². The van der Waals surface area contributed by atoms with Crippen LogP contribution >= 0.6 is 11.6 Å². The number of halogens is 1. The van der Waals surface area contributed by atoms with E-state index < -0.39 is 0 Å². The summed E-state index contributed by atoms with van der Waals surface area (Å²) in [5, 5.41) is 6.24. The smallest absolute Gasteiger partial charge is 0.251 e. The Balaban J connectivity index is 1.38. The van der Waals surface area contributed by atoms with E-state index in [0.29, 0.717) is 36.5 Å². The fraction of sp³-hybridized carbons (Fsp3) is 0.318. The normalized spacial score (nSPS) is 14.3. The van der Waals surface area contributed by atoms with E-state index >= 15 is 0 Å². The summed E-state index contributed by atoms with van der Waals surface area (Å²) in [5.74, 6) is -0.337. The van der Waals surface area contributed by atoms with Gasteiger partial charge in [-0.15, -0.1) is 0 Å². The maximum atomic E-state index is 12.4. The largest absolute Gasteiger partial charge is 0.352 e. The molecular formula is C22H24ClN3O3. The van der Waals surface area contributed by atoms with Crippen molar-refractivity contribution in [3.8, 4) is 0 Å². The van der Waals surface area contributed by atoms with Crippen LogP contribution in [0.25, 0.3) is 0 Å². The Labute approximate surface area is 175 Å². The first-order valence-corrected chi connectivity index (χ1v) is 10.1. The monoisotopic (exact) mass is 413 g/mol. The van der Waals surface area contributed by atoms with Crippen LogP contribution < -0.4 is 10.6 Å². The van der Waals surface area contributed by atoms with E-state index in [2.05, 4.69) is 10.6 Å². The van der Waals surface area contributed by atoms with Crippen molar-refractivity contribution in [2.45, 2.75) is 19.3 Å². The van der Waals surface area contributed by atoms with Gasteiger partial charge in [-0.05, 0) is 49.2 Å². The number of nitrogens with zero attached hydrogens (tertiary/aromatic N) is 1. The molecule has 3 amide bonds. The molecule has 6 nitrogen and oxygen atoms in total. The average molecular weight is 414 g/mol. The minimum Gasteiger partial charge on any atom is -0.352 e. The first-order chi connectivity index (χ1) is 14.0. The van der Waals surface area contributed by atoms with Gasteiger partial charge in [0.2, 0.25) is 11.8 Å². The first-order valence-electron chi connectivity index (χ1n) is 9.70. The third-order valence-electron chi connectivity index (χ3n) is 4.99. The minimum absolute atomic E-state index is 0.00136. The number of anilines is 1. The average Bonchev–Trinajstić information content (AvgIpc) is 2.75. The SMILES string of the molecule is O=C(NCCC(=O)N1CCC(C(=O)Nc2ccccc2)CC1)c1ccc(Cl)cc1. The van der Waals surface area contributed by atoms with Crippen LogP contribution in [0.2, 0.25) is 5.02 Å². The fourth-order valence-electron chi connectivity index (χ4n) is 3.30. The van der Waals surface area contributed by atoms with Crippen LogP contribution in [0.4, 0.5) is 5.69 Å². The number of piperidine rings is 1. The van der Waals surface area contributed by atoms with E-state index in [-0.39, 0.29) is 36.6 Å². The Morgan fingerprint density at radius 1 is 0.966 bits per heavy atom. The number of amides is 3. The van der Waals surface area contributed by atoms with E-state index in [1.54, 1.807) is 29.2 Å². The summed E-state index contributed by atoms with van der Waals surface area (Å²) in [6.45, 7) is 1.38. The van der Waals surface area contributed by atoms with Crippen LogP contribution in [0.15, 0.2) is 54.6 Å². The third kappa shape index (κ3) is 6.06. The quantitative estimate of drug-likeness (QED) is 0.762. The molecule has 152 valence electrons. The van der Waals surface area contributed by atoms with E-state index in [0.717, 1.165) is 5.69 Å². The second kappa shape index (κ2) is 10.1. The molecule has 0 bridgehead atoms. The number of benzene rings is 2. The number of carbonyl (C=O) groups excluding carboxylic acids is 3. The molecular weight excluding hydrogens is 390 g/mol. The Morgan fingerprint density at radius 2 is 1.62 bits per heavy atom. The zero-order valence-electron chi connectivity index (χ0n) is 16.1. The number of carbonyl (C=O) groups is 3. The highest BCUT2D eigenvalue weighted by molar-refractivity contribution is 6.30. The maximum absolute atomic E-state index is 12.4. The van der Waals surface area contributed by atoms with Crippen LogP contribution in [-0.4, -0.2) is 42.3 Å². The van der Waals surface area contributed by atoms with Crippen LogP contribution in [0, 0.1) is 5.92 Å². The maximum Gasteiger partial charge on any atom is 0.251 e. The molecule has 0 radical (unpaired) electrons. The van der Waals surface area contributed by atoms with Crippen LogP contribution in [0.1, 0.15) is 29.6 Å². The van der Waals surface area contributed by atoms with Crippen molar-refractivity contribution in [2.75, 3.05) is 25.0 Å². The summed E-state index contributed by atoms with van der Waals surface area (Å²) >= 11 is 5.81. The Kier molecular flexibility index (Phi) is 7.25. The number of para-hydroxylation sites is 1. The molecule has 0 aliphatic carbocycles. The lowest BCUT2D eigenvalue weighted by atomic mass is 9.95. The van der Waals surface area contributed by atoms with Crippen molar-refractivity contribution in [1.82, 2.24) is 10.2 Å². The van der Waals surface area contributed by atoms with E-state index in [9.17, 15) is 14.4 Å². The lowest BCUT2D eigenvalue weighted by molar-refractivity contribution is -0.134. The lowest BCUT2D eigenvalue weighted by Gasteiger charge is -2.31. The summed E-state index contributed by atoms with van der Waals surface area (Å²) in [4.78, 5) is 38.6. The molecule has 0 spiro atoms. The van der Waals surface area contributed by atoms with Gasteiger partial charge in [0.05, 0.1) is 0 Å². The highest BCUT2D eigenvalue weighted by Gasteiger charge is 2.27. The van der Waals surface area contributed by atoms with Gasteiger partial charge in [0.1, 0.15) is 0 Å². The summed E-state index contributed by atoms with van der Waals surface area (Å²) in [6.07, 6.45) is 1.52. The molecule has 1 heterocycles. The molecule has 0 saturated carbocycles. The summed E-state index contributed by atoms with van der Waals surface area (Å²) < 4.78 is 0. The van der Waals surface area contributed by atoms with Crippen molar-refractivity contribution >= 4 is 35.0 Å². The second-order valence-electron chi connectivity index (χ2n) is 7.02. The molecule has 1 fully saturated rings. The molecule has 1 saturated heterocycles. The van der Waals surface area contributed by atoms with Gasteiger partial charge < -0.3 is 15.5 Å². The fourth-order valence-corrected chi connectivity index (χ4v) is 3.43. The Morgan fingerprint density at radius 3 is 2.28 bits per heavy atom. The van der Waals surface area contributed by atoms with Crippen molar-refractivity contribution in [3.05, 3.63) is 65.2 Å². The van der Waals surface area contributed by atoms with Crippen molar-refractivity contribution in [3.63, 3.8) is 0 Å². The summed E-state index contributed by atoms with van der Waals surface area (Å²) in [5.41, 5.74) is 1.29. The standard InChI is InChI=1S/C22H24ClN3O3/c23-18-8-6-16(7-9-18)21(28)24-13-10-20(27)26-14-11-17(12-15-26)22(29)25-19-4-2-1-3-5-19/h1-9,17H,10-15H2,(H,24,28)(H,25,29). The van der Waals surface area contributed by atoms with E-state index in [1.165, 1.54) is 0 Å². The predicted octanol–water partition coefficient (Wildman–Crippen LogP) is 3.34. The number of likely N-dealkylation sites (tertiary alicyclic amines) is 1. The zero-order valence-corrected chi connectivity index (χ0v) is 16.8. The van der Waals surface area contributed by atoms with Crippen LogP contribution in [0.3, 0.4) is 0 Å². The molecule has 0 unspecified atom stereocenters. The molecule has 2 N–H and O–H groups in total. The molecule has 0 atom stereocenters. The van der Waals surface area contributed by atoms with E-state index in [4.69, 9.17) is 11.6 Å². The Hall–Kier alpha value is -2.86. The van der Waals surface area contributed by atoms with Gasteiger partial charge in [-0.2, -0.15) is 0 Å². The van der Waals surface area contributed by atoms with Crippen molar-refractivity contribution in [2.24, 2.45) is 5.92 Å². The van der Waals surface area contributed by atoms with Gasteiger partial charge in [-0.1, -0.05) is 29.8 Å². The van der Waals surface area contributed by atoms with Gasteiger partial charge in [-0.3, -0.25) is 14.4 Å². The van der Waals surface area contributed by atoms with Crippen molar-refractivity contribution in [1.29, 1.82) is 0 Å². The first kappa shape index (κ1) is 20.9. The zero-order chi connectivity index (χ0) is 20.6. The molecule has 2 aromatic rings. The molecule has 29 heavy (non-hydrogen) atoms. The number of hydrogen-bond acceptors (Lipinski definition) is 3. The van der Waals surface area contributed by atoms with Gasteiger partial charge in [0, 0.05) is 48.2 Å². The topological polar surface area (TPSA) is 78.5 Å². The molecule has 7 heteroatoms. The van der Waals surface area contributed by atoms with Crippen LogP contribution in [-0.2, 0) is 9.59 Å². The highest BCUT2D eigenvalue weighted by Crippen LogP contribution is 2.20. The van der Waals surface area contributed by atoms with Crippen molar-refractivity contribution < 1.29 is 14.4 Å². The number of rotatable bonds is 6. The number of nitrogens with one attached hydrogen (secondary N) is 2. The van der Waals surface area contributed by atoms with E-state index in [1.807, 2.05) is 30.3 Å². The predicted molar refractivity (Wildman–Crippen MR) is 113 cm³/mol. The lowest BCUT2D eigenvalue weighted by Crippen LogP contribution is -2.42. The molecule has 1 aliphatic rings. The molecule has 2 aromatic carbocycles. The summed E-state index contributed by atoms with van der Waals surface area (Å²) in [6, 6.07) is 16.0. The second-order valence-corrected chi connectivity index (χ2v) is 7.46. The third-order valence-corrected chi connectivity index (χ3v) is 5.24. The molecule has 1 aliphatic heterocycles. The van der Waals surface area contributed by atoms with Gasteiger partial charge in [0.15, 0.2) is 0 Å². The molecule has 0 aromatic heterocycles. The molecule has 3 rings (SSSR count). The summed E-state index contributed by atoms with van der Waals surface area (Å²) in [7, 11) is 0. The Bertz CT molecular complexity index is 847. The van der Waals surface area contributed by atoms with Gasteiger partial charge in [0.25, 0.3) is 5.91 Å².